The van der Waals surface area contributed by atoms with Gasteiger partial charge in [0.1, 0.15) is 28.6 Å². The number of benzene rings is 2. The highest BCUT2D eigenvalue weighted by Gasteiger charge is 2.20. The van der Waals surface area contributed by atoms with E-state index in [-0.39, 0.29) is 6.04 Å². The third kappa shape index (κ3) is 3.46. The van der Waals surface area contributed by atoms with Crippen LogP contribution in [0.1, 0.15) is 17.4 Å². The van der Waals surface area contributed by atoms with E-state index in [2.05, 4.69) is 15.3 Å². The first kappa shape index (κ1) is 17.4. The van der Waals surface area contributed by atoms with Crippen LogP contribution in [0.15, 0.2) is 67.0 Å². The lowest BCUT2D eigenvalue weighted by atomic mass is 10.1. The summed E-state index contributed by atoms with van der Waals surface area (Å²) in [4.78, 5) is 9.06. The number of aryl methyl sites for hydroxylation is 1. The molecule has 1 unspecified atom stereocenters. The zero-order valence-electron chi connectivity index (χ0n) is 15.1. The lowest BCUT2D eigenvalue weighted by Crippen LogP contribution is -2.17. The van der Waals surface area contributed by atoms with E-state index >= 15 is 0 Å². The summed E-state index contributed by atoms with van der Waals surface area (Å²) in [5.41, 5.74) is 1.02. The minimum Gasteiger partial charge on any atom is -0.497 e. The minimum atomic E-state index is -0.204. The number of ether oxygens (including phenoxy) is 1. The molecule has 0 amide bonds. The van der Waals surface area contributed by atoms with E-state index in [9.17, 15) is 0 Å². The smallest absolute Gasteiger partial charge is 0.139 e. The molecule has 0 spiro atoms. The molecule has 2 aromatic carbocycles. The van der Waals surface area contributed by atoms with Crippen molar-refractivity contribution in [2.24, 2.45) is 7.05 Å². The number of anilines is 1. The van der Waals surface area contributed by atoms with Gasteiger partial charge in [0.05, 0.1) is 7.11 Å². The maximum atomic E-state index is 6.40. The number of halogens is 1. The quantitative estimate of drug-likeness (QED) is 0.505. The third-order valence-electron chi connectivity index (χ3n) is 4.53. The van der Waals surface area contributed by atoms with Gasteiger partial charge < -0.3 is 14.6 Å². The monoisotopic (exact) mass is 378 g/mol. The van der Waals surface area contributed by atoms with Crippen molar-refractivity contribution in [2.75, 3.05) is 12.4 Å². The summed E-state index contributed by atoms with van der Waals surface area (Å²) in [5, 5.41) is 5.92. The van der Waals surface area contributed by atoms with Crippen LogP contribution < -0.4 is 10.1 Å². The molecular weight excluding hydrogens is 360 g/mol. The molecule has 0 saturated carbocycles. The van der Waals surface area contributed by atoms with E-state index in [1.54, 1.807) is 13.3 Å². The van der Waals surface area contributed by atoms with E-state index in [1.165, 1.54) is 0 Å². The predicted octanol–water partition coefficient (Wildman–Crippen LogP) is 4.83. The molecule has 0 aliphatic heterocycles. The van der Waals surface area contributed by atoms with Gasteiger partial charge in [-0.3, -0.25) is 0 Å². The van der Waals surface area contributed by atoms with Gasteiger partial charge in [0.15, 0.2) is 0 Å². The van der Waals surface area contributed by atoms with E-state index in [4.69, 9.17) is 16.3 Å². The summed E-state index contributed by atoms with van der Waals surface area (Å²) in [6.07, 6.45) is 3.70. The van der Waals surface area contributed by atoms with Crippen molar-refractivity contribution in [3.05, 3.63) is 83.5 Å². The molecule has 0 saturated heterocycles. The van der Waals surface area contributed by atoms with Crippen molar-refractivity contribution in [3.63, 3.8) is 0 Å². The van der Waals surface area contributed by atoms with Crippen LogP contribution in [-0.2, 0) is 7.05 Å². The second kappa shape index (κ2) is 7.29. The molecule has 1 atom stereocenters. The maximum absolute atomic E-state index is 6.40. The molecule has 0 radical (unpaired) electrons. The van der Waals surface area contributed by atoms with E-state index in [0.29, 0.717) is 11.0 Å². The average Bonchev–Trinajstić information content (AvgIpc) is 3.12. The number of hydrogen-bond donors (Lipinski definition) is 1. The Balaban J connectivity index is 1.79. The van der Waals surface area contributed by atoms with Gasteiger partial charge in [0.25, 0.3) is 0 Å². The number of nitrogens with zero attached hydrogens (tertiary/aromatic N) is 3. The molecule has 27 heavy (non-hydrogen) atoms. The second-order valence-electron chi connectivity index (χ2n) is 6.27. The van der Waals surface area contributed by atoms with Gasteiger partial charge in [-0.1, -0.05) is 48.0 Å². The molecule has 0 aliphatic carbocycles. The summed E-state index contributed by atoms with van der Waals surface area (Å²) in [5.74, 6) is 2.35. The van der Waals surface area contributed by atoms with Crippen molar-refractivity contribution >= 4 is 28.2 Å². The first-order chi connectivity index (χ1) is 13.2. The molecule has 0 fully saturated rings. The third-order valence-corrected chi connectivity index (χ3v) is 4.82. The number of pyridine rings is 1. The van der Waals surface area contributed by atoms with Crippen LogP contribution in [0.5, 0.6) is 5.75 Å². The Morgan fingerprint density at radius 3 is 2.74 bits per heavy atom. The molecular formula is C21H19ClN4O. The molecule has 1 N–H and O–H groups in total. The van der Waals surface area contributed by atoms with Crippen molar-refractivity contribution in [1.82, 2.24) is 14.5 Å². The molecule has 5 nitrogen and oxygen atoms in total. The van der Waals surface area contributed by atoms with Crippen LogP contribution in [0, 0.1) is 0 Å². The Kier molecular flexibility index (Phi) is 4.69. The lowest BCUT2D eigenvalue weighted by Gasteiger charge is -2.20. The normalized spacial score (nSPS) is 12.1. The Labute approximate surface area is 162 Å². The van der Waals surface area contributed by atoms with Crippen LogP contribution in [0.2, 0.25) is 5.15 Å². The maximum Gasteiger partial charge on any atom is 0.139 e. The highest BCUT2D eigenvalue weighted by molar-refractivity contribution is 6.34. The molecule has 0 aliphatic rings. The molecule has 2 heterocycles. The minimum absolute atomic E-state index is 0.204. The summed E-state index contributed by atoms with van der Waals surface area (Å²) >= 11 is 6.40. The van der Waals surface area contributed by atoms with Gasteiger partial charge in [-0.05, 0) is 29.1 Å². The Bertz CT molecular complexity index is 1090. The van der Waals surface area contributed by atoms with E-state index < -0.39 is 0 Å². The second-order valence-corrected chi connectivity index (χ2v) is 6.63. The highest BCUT2D eigenvalue weighted by atomic mass is 35.5. The first-order valence-electron chi connectivity index (χ1n) is 8.58. The average molecular weight is 379 g/mol. The van der Waals surface area contributed by atoms with Gasteiger partial charge in [-0.25, -0.2) is 9.97 Å². The topological polar surface area (TPSA) is 52.0 Å². The fraction of sp³-hybridized carbons (Fsp3) is 0.143. The van der Waals surface area contributed by atoms with E-state index in [1.807, 2.05) is 72.4 Å². The number of imidazole rings is 1. The Morgan fingerprint density at radius 2 is 1.96 bits per heavy atom. The zero-order valence-corrected chi connectivity index (χ0v) is 15.8. The lowest BCUT2D eigenvalue weighted by molar-refractivity contribution is 0.414. The SMILES string of the molecule is COc1cccc(C(Nc2cc3ccccc3c(Cl)n2)c2nccn2C)c1. The molecule has 136 valence electrons. The Morgan fingerprint density at radius 1 is 1.11 bits per heavy atom. The van der Waals surface area contributed by atoms with Gasteiger partial charge in [-0.15, -0.1) is 0 Å². The van der Waals surface area contributed by atoms with Gasteiger partial charge in [-0.2, -0.15) is 0 Å². The largest absolute Gasteiger partial charge is 0.497 e. The van der Waals surface area contributed by atoms with Crippen molar-refractivity contribution in [3.8, 4) is 5.75 Å². The van der Waals surface area contributed by atoms with E-state index in [0.717, 1.165) is 27.9 Å². The molecule has 2 aromatic heterocycles. The number of fused-ring (bicyclic) bond motifs is 1. The highest BCUT2D eigenvalue weighted by Crippen LogP contribution is 2.30. The molecule has 4 rings (SSSR count). The zero-order chi connectivity index (χ0) is 18.8. The molecule has 4 aromatic rings. The number of nitrogens with one attached hydrogen (secondary N) is 1. The van der Waals surface area contributed by atoms with Crippen molar-refractivity contribution < 1.29 is 4.74 Å². The first-order valence-corrected chi connectivity index (χ1v) is 8.96. The van der Waals surface area contributed by atoms with Crippen LogP contribution in [0.3, 0.4) is 0 Å². The fourth-order valence-electron chi connectivity index (χ4n) is 3.15. The molecule has 6 heteroatoms. The van der Waals surface area contributed by atoms with Gasteiger partial charge in [0, 0.05) is 24.8 Å². The molecule has 0 bridgehead atoms. The number of rotatable bonds is 5. The van der Waals surface area contributed by atoms with Gasteiger partial charge in [0.2, 0.25) is 0 Å². The summed E-state index contributed by atoms with van der Waals surface area (Å²) in [7, 11) is 3.63. The number of aromatic nitrogens is 3. The standard InChI is InChI=1S/C21H19ClN4O/c1-26-11-10-23-21(26)19(15-7-5-8-16(12-15)27-2)24-18-13-14-6-3-4-9-17(14)20(22)25-18/h3-13,19H,1-2H3,(H,24,25). The summed E-state index contributed by atoms with van der Waals surface area (Å²) in [6, 6.07) is 17.6. The van der Waals surface area contributed by atoms with Crippen molar-refractivity contribution in [1.29, 1.82) is 0 Å². The van der Waals surface area contributed by atoms with Gasteiger partial charge >= 0.3 is 0 Å². The van der Waals surface area contributed by atoms with Crippen LogP contribution in [0.4, 0.5) is 5.82 Å². The fourth-order valence-corrected chi connectivity index (χ4v) is 3.41. The predicted molar refractivity (Wildman–Crippen MR) is 108 cm³/mol. The summed E-state index contributed by atoms with van der Waals surface area (Å²) < 4.78 is 7.37. The van der Waals surface area contributed by atoms with Crippen LogP contribution >= 0.6 is 11.6 Å². The summed E-state index contributed by atoms with van der Waals surface area (Å²) in [6.45, 7) is 0. The number of methoxy groups -OCH3 is 1. The van der Waals surface area contributed by atoms with Crippen molar-refractivity contribution in [2.45, 2.75) is 6.04 Å². The van der Waals surface area contributed by atoms with Crippen LogP contribution in [0.25, 0.3) is 10.8 Å². The number of hydrogen-bond acceptors (Lipinski definition) is 4. The Hall–Kier alpha value is -3.05. The van der Waals surface area contributed by atoms with Crippen LogP contribution in [-0.4, -0.2) is 21.6 Å².